The van der Waals surface area contributed by atoms with Gasteiger partial charge in [0, 0.05) is 0 Å². The molecule has 4 heteroatoms. The third-order valence-electron chi connectivity index (χ3n) is 3.59. The van der Waals surface area contributed by atoms with Gasteiger partial charge in [-0.3, -0.25) is 0 Å². The Bertz CT molecular complexity index is 632. The van der Waals surface area contributed by atoms with Crippen LogP contribution in [0.15, 0.2) is 30.3 Å². The van der Waals surface area contributed by atoms with Gasteiger partial charge in [-0.2, -0.15) is 0 Å². The van der Waals surface area contributed by atoms with E-state index in [0.717, 1.165) is 11.1 Å². The third kappa shape index (κ3) is 3.05. The highest BCUT2D eigenvalue weighted by atomic mass is 19.1. The Labute approximate surface area is 123 Å². The van der Waals surface area contributed by atoms with Crippen molar-refractivity contribution in [1.82, 2.24) is 5.32 Å². The molecule has 0 heterocycles. The Morgan fingerprint density at radius 3 is 2.10 bits per heavy atom. The summed E-state index contributed by atoms with van der Waals surface area (Å²) in [6.07, 6.45) is 0. The molecule has 1 N–H and O–H groups in total. The van der Waals surface area contributed by atoms with Gasteiger partial charge in [-0.1, -0.05) is 18.2 Å². The molecule has 0 bridgehead atoms. The van der Waals surface area contributed by atoms with Crippen molar-refractivity contribution in [2.24, 2.45) is 0 Å². The predicted octanol–water partition coefficient (Wildman–Crippen LogP) is 3.90. The van der Waals surface area contributed by atoms with Gasteiger partial charge in [0.15, 0.2) is 11.6 Å². The molecule has 1 unspecified atom stereocenters. The molecule has 0 saturated carbocycles. The fourth-order valence-electron chi connectivity index (χ4n) is 2.53. The number of halogens is 2. The van der Waals surface area contributed by atoms with Gasteiger partial charge >= 0.3 is 0 Å². The van der Waals surface area contributed by atoms with Crippen molar-refractivity contribution in [2.45, 2.75) is 19.9 Å². The zero-order chi connectivity index (χ0) is 15.6. The van der Waals surface area contributed by atoms with Gasteiger partial charge < -0.3 is 10.1 Å². The van der Waals surface area contributed by atoms with Crippen LogP contribution < -0.4 is 10.1 Å². The highest BCUT2D eigenvalue weighted by Gasteiger charge is 2.16. The first kappa shape index (κ1) is 15.4. The minimum Gasteiger partial charge on any atom is -0.494 e. The van der Waals surface area contributed by atoms with Gasteiger partial charge in [0.1, 0.15) is 5.82 Å². The number of hydrogen-bond acceptors (Lipinski definition) is 2. The largest absolute Gasteiger partial charge is 0.494 e. The Balaban J connectivity index is 2.47. The first-order chi connectivity index (χ1) is 9.97. The quantitative estimate of drug-likeness (QED) is 0.922. The van der Waals surface area contributed by atoms with E-state index >= 15 is 0 Å². The van der Waals surface area contributed by atoms with Crippen molar-refractivity contribution in [1.29, 1.82) is 0 Å². The standard InChI is InChI=1S/C17H19F2NO/c1-10-7-13(8-11(2)16(10)19)17(20-3)12-5-6-15(21-4)14(18)9-12/h5-9,17,20H,1-4H3. The second kappa shape index (κ2) is 6.22. The van der Waals surface area contributed by atoms with E-state index < -0.39 is 5.82 Å². The fraction of sp³-hybridized carbons (Fsp3) is 0.294. The van der Waals surface area contributed by atoms with Crippen LogP contribution in [0.2, 0.25) is 0 Å². The van der Waals surface area contributed by atoms with Crippen molar-refractivity contribution in [3.05, 3.63) is 64.2 Å². The Hall–Kier alpha value is -1.94. The Morgan fingerprint density at radius 2 is 1.62 bits per heavy atom. The summed E-state index contributed by atoms with van der Waals surface area (Å²) >= 11 is 0. The highest BCUT2D eigenvalue weighted by molar-refractivity contribution is 5.40. The molecule has 21 heavy (non-hydrogen) atoms. The van der Waals surface area contributed by atoms with Crippen molar-refractivity contribution in [3.63, 3.8) is 0 Å². The molecule has 2 aromatic rings. The average Bonchev–Trinajstić information content (AvgIpc) is 2.45. The van der Waals surface area contributed by atoms with Crippen LogP contribution in [0.3, 0.4) is 0 Å². The molecule has 0 aliphatic carbocycles. The number of nitrogens with one attached hydrogen (secondary N) is 1. The fourth-order valence-corrected chi connectivity index (χ4v) is 2.53. The van der Waals surface area contributed by atoms with Crippen LogP contribution in [0, 0.1) is 25.5 Å². The lowest BCUT2D eigenvalue weighted by molar-refractivity contribution is 0.386. The van der Waals surface area contributed by atoms with Crippen LogP contribution in [0.4, 0.5) is 8.78 Å². The molecular weight excluding hydrogens is 272 g/mol. The average molecular weight is 291 g/mol. The van der Waals surface area contributed by atoms with Crippen molar-refractivity contribution < 1.29 is 13.5 Å². The zero-order valence-corrected chi connectivity index (χ0v) is 12.6. The second-order valence-electron chi connectivity index (χ2n) is 5.08. The molecule has 112 valence electrons. The van der Waals surface area contributed by atoms with Gasteiger partial charge in [-0.15, -0.1) is 0 Å². The summed E-state index contributed by atoms with van der Waals surface area (Å²) in [5.74, 6) is -0.402. The number of methoxy groups -OCH3 is 1. The molecule has 2 nitrogen and oxygen atoms in total. The van der Waals surface area contributed by atoms with Crippen LogP contribution in [0.1, 0.15) is 28.3 Å². The Morgan fingerprint density at radius 1 is 1.00 bits per heavy atom. The lowest BCUT2D eigenvalue weighted by Crippen LogP contribution is -2.18. The number of hydrogen-bond donors (Lipinski definition) is 1. The number of ether oxygens (including phenoxy) is 1. The predicted molar refractivity (Wildman–Crippen MR) is 79.7 cm³/mol. The van der Waals surface area contributed by atoms with E-state index in [1.54, 1.807) is 45.2 Å². The monoisotopic (exact) mass is 291 g/mol. The molecule has 0 saturated heterocycles. The van der Waals surface area contributed by atoms with Gasteiger partial charge in [0.25, 0.3) is 0 Å². The van der Waals surface area contributed by atoms with Crippen molar-refractivity contribution in [3.8, 4) is 5.75 Å². The molecule has 1 atom stereocenters. The molecule has 0 fully saturated rings. The normalized spacial score (nSPS) is 12.3. The van der Waals surface area contributed by atoms with Gasteiger partial charge in [0.05, 0.1) is 13.2 Å². The lowest BCUT2D eigenvalue weighted by atomic mass is 9.95. The van der Waals surface area contributed by atoms with E-state index in [1.807, 2.05) is 0 Å². The topological polar surface area (TPSA) is 21.3 Å². The molecule has 0 aliphatic heterocycles. The van der Waals surface area contributed by atoms with Gasteiger partial charge in [-0.05, 0) is 55.3 Å². The van der Waals surface area contributed by atoms with Crippen molar-refractivity contribution in [2.75, 3.05) is 14.2 Å². The van der Waals surface area contributed by atoms with Crippen LogP contribution >= 0.6 is 0 Å². The van der Waals surface area contributed by atoms with E-state index in [0.29, 0.717) is 11.1 Å². The number of rotatable bonds is 4. The van der Waals surface area contributed by atoms with E-state index in [9.17, 15) is 8.78 Å². The SMILES string of the molecule is CNC(c1cc(C)c(F)c(C)c1)c1ccc(OC)c(F)c1. The second-order valence-corrected chi connectivity index (χ2v) is 5.08. The highest BCUT2D eigenvalue weighted by Crippen LogP contribution is 2.28. The summed E-state index contributed by atoms with van der Waals surface area (Å²) in [5, 5.41) is 3.14. The van der Waals surface area contributed by atoms with Crippen LogP contribution in [0.25, 0.3) is 0 Å². The van der Waals surface area contributed by atoms with E-state index in [4.69, 9.17) is 4.74 Å². The maximum atomic E-state index is 13.9. The molecule has 0 spiro atoms. The first-order valence-electron chi connectivity index (χ1n) is 6.75. The molecule has 0 aliphatic rings. The maximum absolute atomic E-state index is 13.9. The number of aryl methyl sites for hydroxylation is 2. The van der Waals surface area contributed by atoms with Gasteiger partial charge in [0.2, 0.25) is 0 Å². The maximum Gasteiger partial charge on any atom is 0.165 e. The smallest absolute Gasteiger partial charge is 0.165 e. The lowest BCUT2D eigenvalue weighted by Gasteiger charge is -2.19. The summed E-state index contributed by atoms with van der Waals surface area (Å²) in [6, 6.07) is 8.20. The van der Waals surface area contributed by atoms with E-state index in [2.05, 4.69) is 5.32 Å². The molecule has 0 amide bonds. The minimum absolute atomic E-state index is 0.200. The molecule has 0 aromatic heterocycles. The van der Waals surface area contributed by atoms with Gasteiger partial charge in [-0.25, -0.2) is 8.78 Å². The first-order valence-corrected chi connectivity index (χ1v) is 6.75. The van der Waals surface area contributed by atoms with E-state index in [-0.39, 0.29) is 17.6 Å². The molecule has 2 aromatic carbocycles. The zero-order valence-electron chi connectivity index (χ0n) is 12.6. The molecule has 2 rings (SSSR count). The Kier molecular flexibility index (Phi) is 4.58. The van der Waals surface area contributed by atoms with Crippen LogP contribution in [-0.4, -0.2) is 14.2 Å². The van der Waals surface area contributed by atoms with Crippen LogP contribution in [-0.2, 0) is 0 Å². The molecular formula is C17H19F2NO. The third-order valence-corrected chi connectivity index (χ3v) is 3.59. The van der Waals surface area contributed by atoms with Crippen molar-refractivity contribution >= 4 is 0 Å². The van der Waals surface area contributed by atoms with Crippen LogP contribution in [0.5, 0.6) is 5.75 Å². The minimum atomic E-state index is -0.411. The summed E-state index contributed by atoms with van der Waals surface area (Å²) in [4.78, 5) is 0. The number of benzene rings is 2. The summed E-state index contributed by atoms with van der Waals surface area (Å²) < 4.78 is 32.5. The summed E-state index contributed by atoms with van der Waals surface area (Å²) in [5.41, 5.74) is 2.83. The molecule has 0 radical (unpaired) electrons. The summed E-state index contributed by atoms with van der Waals surface area (Å²) in [6.45, 7) is 3.46. The summed E-state index contributed by atoms with van der Waals surface area (Å²) in [7, 11) is 3.22. The van der Waals surface area contributed by atoms with E-state index in [1.165, 1.54) is 13.2 Å².